The first-order valence-electron chi connectivity index (χ1n) is 6.78. The molecule has 1 amide bonds. The van der Waals surface area contributed by atoms with Gasteiger partial charge >= 0.3 is 5.97 Å². The van der Waals surface area contributed by atoms with Gasteiger partial charge in [-0.2, -0.15) is 0 Å². The van der Waals surface area contributed by atoms with E-state index < -0.39 is 5.97 Å². The van der Waals surface area contributed by atoms with Crippen LogP contribution in [0.5, 0.6) is 5.75 Å². The normalized spacial score (nSPS) is 15.2. The number of carbonyl (C=O) groups is 2. The van der Waals surface area contributed by atoms with Crippen LogP contribution in [-0.4, -0.2) is 31.1 Å². The maximum atomic E-state index is 11.5. The van der Waals surface area contributed by atoms with E-state index in [0.29, 0.717) is 11.7 Å². The summed E-state index contributed by atoms with van der Waals surface area (Å²) in [5.74, 6) is 0.355. The fourth-order valence-corrected chi connectivity index (χ4v) is 1.86. The molecular weight excluding hydrogens is 258 g/mol. The third-order valence-electron chi connectivity index (χ3n) is 3.18. The van der Waals surface area contributed by atoms with Gasteiger partial charge in [0.1, 0.15) is 5.75 Å². The summed E-state index contributed by atoms with van der Waals surface area (Å²) < 4.78 is 10.1. The van der Waals surface area contributed by atoms with Crippen molar-refractivity contribution in [2.45, 2.75) is 25.8 Å². The minimum absolute atomic E-state index is 0.154. The van der Waals surface area contributed by atoms with E-state index in [-0.39, 0.29) is 25.2 Å². The van der Waals surface area contributed by atoms with E-state index in [9.17, 15) is 9.59 Å². The second kappa shape index (κ2) is 6.93. The first-order chi connectivity index (χ1) is 9.65. The van der Waals surface area contributed by atoms with Crippen molar-refractivity contribution < 1.29 is 19.1 Å². The van der Waals surface area contributed by atoms with Crippen LogP contribution in [0, 0.1) is 5.92 Å². The number of carbonyl (C=O) groups excluding carboxylic acids is 2. The molecule has 1 fully saturated rings. The maximum Gasteiger partial charge on any atom is 0.344 e. The number of para-hydroxylation sites is 1. The Hall–Kier alpha value is -2.04. The third kappa shape index (κ3) is 4.91. The molecule has 0 aliphatic heterocycles. The second-order valence-electron chi connectivity index (χ2n) is 4.96. The molecule has 0 radical (unpaired) electrons. The first kappa shape index (κ1) is 14.4. The number of esters is 1. The van der Waals surface area contributed by atoms with Crippen LogP contribution in [0.15, 0.2) is 30.3 Å². The molecule has 1 saturated carbocycles. The lowest BCUT2D eigenvalue weighted by atomic mass is 10.2. The zero-order valence-electron chi connectivity index (χ0n) is 11.5. The maximum absolute atomic E-state index is 11.5. The molecular formula is C15H19NO4. The highest BCUT2D eigenvalue weighted by Gasteiger charge is 2.28. The smallest absolute Gasteiger partial charge is 0.344 e. The van der Waals surface area contributed by atoms with Crippen LogP contribution in [0.2, 0.25) is 0 Å². The highest BCUT2D eigenvalue weighted by Crippen LogP contribution is 2.32. The largest absolute Gasteiger partial charge is 0.482 e. The van der Waals surface area contributed by atoms with E-state index >= 15 is 0 Å². The lowest BCUT2D eigenvalue weighted by Gasteiger charge is -2.12. The topological polar surface area (TPSA) is 64.6 Å². The molecule has 1 aliphatic carbocycles. The summed E-state index contributed by atoms with van der Waals surface area (Å²) in [5.41, 5.74) is 0. The number of hydrogen-bond acceptors (Lipinski definition) is 4. The van der Waals surface area contributed by atoms with Crippen LogP contribution in [0.1, 0.15) is 19.8 Å². The Morgan fingerprint density at radius 2 is 1.95 bits per heavy atom. The summed E-state index contributed by atoms with van der Waals surface area (Å²) >= 11 is 0. The number of hydrogen-bond donors (Lipinski definition) is 1. The molecule has 0 spiro atoms. The van der Waals surface area contributed by atoms with Gasteiger partial charge in [0, 0.05) is 6.04 Å². The fraction of sp³-hybridized carbons (Fsp3) is 0.467. The Kier molecular flexibility index (Phi) is 4.98. The van der Waals surface area contributed by atoms with Crippen LogP contribution in [0.25, 0.3) is 0 Å². The second-order valence-corrected chi connectivity index (χ2v) is 4.96. The molecule has 5 nitrogen and oxygen atoms in total. The van der Waals surface area contributed by atoms with E-state index in [2.05, 4.69) is 5.32 Å². The van der Waals surface area contributed by atoms with Crippen LogP contribution in [0.4, 0.5) is 0 Å². The minimum atomic E-state index is -0.553. The average molecular weight is 277 g/mol. The third-order valence-corrected chi connectivity index (χ3v) is 3.18. The van der Waals surface area contributed by atoms with Crippen molar-refractivity contribution in [1.29, 1.82) is 0 Å². The van der Waals surface area contributed by atoms with Crippen molar-refractivity contribution in [2.75, 3.05) is 13.2 Å². The number of ether oxygens (including phenoxy) is 2. The first-order valence-corrected chi connectivity index (χ1v) is 6.78. The summed E-state index contributed by atoms with van der Waals surface area (Å²) in [5, 5.41) is 2.81. The minimum Gasteiger partial charge on any atom is -0.482 e. The number of rotatable bonds is 7. The highest BCUT2D eigenvalue weighted by molar-refractivity contribution is 5.81. The quantitative estimate of drug-likeness (QED) is 0.768. The average Bonchev–Trinajstić information content (AvgIpc) is 3.28. The van der Waals surface area contributed by atoms with Gasteiger partial charge in [-0.25, -0.2) is 4.79 Å². The lowest BCUT2D eigenvalue weighted by molar-refractivity contribution is -0.150. The summed E-state index contributed by atoms with van der Waals surface area (Å²) in [4.78, 5) is 23.0. The Labute approximate surface area is 118 Å². The number of amides is 1. The molecule has 108 valence electrons. The van der Waals surface area contributed by atoms with Gasteiger partial charge in [0.15, 0.2) is 13.2 Å². The number of nitrogens with one attached hydrogen (secondary N) is 1. The molecule has 1 aromatic carbocycles. The molecule has 0 saturated heterocycles. The summed E-state index contributed by atoms with van der Waals surface area (Å²) in [6.45, 7) is 1.51. The predicted octanol–water partition coefficient (Wildman–Crippen LogP) is 1.52. The van der Waals surface area contributed by atoms with Crippen LogP contribution >= 0.6 is 0 Å². The van der Waals surface area contributed by atoms with Crippen molar-refractivity contribution in [3.05, 3.63) is 30.3 Å². The predicted molar refractivity (Wildman–Crippen MR) is 73.2 cm³/mol. The van der Waals surface area contributed by atoms with Crippen LogP contribution in [-0.2, 0) is 14.3 Å². The molecule has 1 N–H and O–H groups in total. The number of benzene rings is 1. The molecule has 0 unspecified atom stereocenters. The van der Waals surface area contributed by atoms with Gasteiger partial charge in [-0.05, 0) is 37.8 Å². The Morgan fingerprint density at radius 3 is 2.60 bits per heavy atom. The zero-order chi connectivity index (χ0) is 14.4. The Morgan fingerprint density at radius 1 is 1.25 bits per heavy atom. The Bertz CT molecular complexity index is 456. The van der Waals surface area contributed by atoms with Gasteiger partial charge in [0.05, 0.1) is 0 Å². The monoisotopic (exact) mass is 277 g/mol. The molecule has 2 rings (SSSR count). The van der Waals surface area contributed by atoms with Crippen molar-refractivity contribution in [2.24, 2.45) is 5.92 Å². The summed E-state index contributed by atoms with van der Waals surface area (Å²) in [6, 6.07) is 9.13. The van der Waals surface area contributed by atoms with Gasteiger partial charge in [-0.15, -0.1) is 0 Å². The Balaban J connectivity index is 1.60. The molecule has 1 aromatic rings. The highest BCUT2D eigenvalue weighted by atomic mass is 16.6. The summed E-state index contributed by atoms with van der Waals surface area (Å²) in [6.07, 6.45) is 2.32. The molecule has 0 heterocycles. The SMILES string of the molecule is C[C@H](NC(=O)COC(=O)COc1ccccc1)C1CC1. The van der Waals surface area contributed by atoms with Gasteiger partial charge < -0.3 is 14.8 Å². The molecule has 1 atom stereocenters. The fourth-order valence-electron chi connectivity index (χ4n) is 1.86. The van der Waals surface area contributed by atoms with Crippen molar-refractivity contribution in [1.82, 2.24) is 5.32 Å². The molecule has 0 aromatic heterocycles. The molecule has 1 aliphatic rings. The van der Waals surface area contributed by atoms with E-state index in [4.69, 9.17) is 9.47 Å². The van der Waals surface area contributed by atoms with Crippen molar-refractivity contribution in [3.63, 3.8) is 0 Å². The van der Waals surface area contributed by atoms with Crippen LogP contribution < -0.4 is 10.1 Å². The summed E-state index contributed by atoms with van der Waals surface area (Å²) in [7, 11) is 0. The van der Waals surface area contributed by atoms with E-state index in [1.165, 1.54) is 0 Å². The molecule has 5 heteroatoms. The van der Waals surface area contributed by atoms with Gasteiger partial charge in [-0.3, -0.25) is 4.79 Å². The van der Waals surface area contributed by atoms with Crippen LogP contribution in [0.3, 0.4) is 0 Å². The molecule has 20 heavy (non-hydrogen) atoms. The zero-order valence-corrected chi connectivity index (χ0v) is 11.5. The van der Waals surface area contributed by atoms with E-state index in [1.807, 2.05) is 25.1 Å². The van der Waals surface area contributed by atoms with Gasteiger partial charge in [0.25, 0.3) is 5.91 Å². The van der Waals surface area contributed by atoms with Crippen molar-refractivity contribution >= 4 is 11.9 Å². The van der Waals surface area contributed by atoms with Gasteiger partial charge in [0.2, 0.25) is 0 Å². The van der Waals surface area contributed by atoms with E-state index in [0.717, 1.165) is 12.8 Å². The van der Waals surface area contributed by atoms with E-state index in [1.54, 1.807) is 12.1 Å². The van der Waals surface area contributed by atoms with Crippen molar-refractivity contribution in [3.8, 4) is 5.75 Å². The molecule has 0 bridgehead atoms. The standard InChI is InChI=1S/C15H19NO4/c1-11(12-7-8-12)16-14(17)9-20-15(18)10-19-13-5-3-2-4-6-13/h2-6,11-12H,7-10H2,1H3,(H,16,17)/t11-/m0/s1. The lowest BCUT2D eigenvalue weighted by Crippen LogP contribution is -2.37. The van der Waals surface area contributed by atoms with Gasteiger partial charge in [-0.1, -0.05) is 18.2 Å².